The van der Waals surface area contributed by atoms with E-state index in [9.17, 15) is 0 Å². The van der Waals surface area contributed by atoms with E-state index >= 15 is 0 Å². The largest absolute Gasteiger partial charge is 0.349 e. The molecule has 1 heterocycles. The summed E-state index contributed by atoms with van der Waals surface area (Å²) >= 11 is 0. The second-order valence-corrected chi connectivity index (χ2v) is 4.83. The second kappa shape index (κ2) is 8.33. The number of nitrogens with one attached hydrogen (secondary N) is 1. The molecule has 0 saturated carbocycles. The van der Waals surface area contributed by atoms with E-state index in [0.717, 1.165) is 32.7 Å². The summed E-state index contributed by atoms with van der Waals surface area (Å²) < 4.78 is 2.38. The van der Waals surface area contributed by atoms with E-state index < -0.39 is 0 Å². The summed E-state index contributed by atoms with van der Waals surface area (Å²) in [6.45, 7) is 14.5. The van der Waals surface area contributed by atoms with Gasteiger partial charge in [0.05, 0.1) is 0 Å². The van der Waals surface area contributed by atoms with E-state index in [2.05, 4.69) is 60.8 Å². The highest BCUT2D eigenvalue weighted by atomic mass is 15.1. The maximum absolute atomic E-state index is 3.56. The van der Waals surface area contributed by atoms with Gasteiger partial charge in [0.2, 0.25) is 0 Å². The lowest BCUT2D eigenvalue weighted by Crippen LogP contribution is -2.28. The Balaban J connectivity index is 2.53. The summed E-state index contributed by atoms with van der Waals surface area (Å²) in [5.41, 5.74) is 1.40. The van der Waals surface area contributed by atoms with Gasteiger partial charge in [-0.25, -0.2) is 0 Å². The van der Waals surface area contributed by atoms with Gasteiger partial charge in [-0.2, -0.15) is 0 Å². The van der Waals surface area contributed by atoms with E-state index in [4.69, 9.17) is 0 Å². The third-order valence-electron chi connectivity index (χ3n) is 3.56. The third-order valence-corrected chi connectivity index (χ3v) is 3.56. The quantitative estimate of drug-likeness (QED) is 0.728. The van der Waals surface area contributed by atoms with E-state index in [1.54, 1.807) is 0 Å². The smallest absolute Gasteiger partial charge is 0.0446 e. The van der Waals surface area contributed by atoms with Crippen molar-refractivity contribution in [2.45, 2.75) is 46.7 Å². The summed E-state index contributed by atoms with van der Waals surface area (Å²) in [5, 5.41) is 3.56. The van der Waals surface area contributed by atoms with E-state index in [-0.39, 0.29) is 0 Å². The van der Waals surface area contributed by atoms with Crippen LogP contribution >= 0.6 is 0 Å². The third kappa shape index (κ3) is 4.46. The van der Waals surface area contributed by atoms with Gasteiger partial charge in [-0.15, -0.1) is 0 Å². The number of hydrogen-bond donors (Lipinski definition) is 1. The highest BCUT2D eigenvalue weighted by Gasteiger charge is 2.09. The van der Waals surface area contributed by atoms with Crippen molar-refractivity contribution in [1.29, 1.82) is 0 Å². The molecule has 0 aliphatic carbocycles. The molecule has 1 N–H and O–H groups in total. The molecule has 0 radical (unpaired) electrons. The lowest BCUT2D eigenvalue weighted by atomic mass is 10.2. The normalized spacial score (nSPS) is 13.2. The van der Waals surface area contributed by atoms with Gasteiger partial charge in [-0.3, -0.25) is 0 Å². The van der Waals surface area contributed by atoms with Crippen LogP contribution in [0.15, 0.2) is 18.3 Å². The molecule has 0 aromatic carbocycles. The summed E-state index contributed by atoms with van der Waals surface area (Å²) in [6, 6.07) is 4.83. The van der Waals surface area contributed by atoms with E-state index in [0.29, 0.717) is 6.04 Å². The van der Waals surface area contributed by atoms with Gasteiger partial charge >= 0.3 is 0 Å². The van der Waals surface area contributed by atoms with Crippen molar-refractivity contribution in [3.05, 3.63) is 24.0 Å². The zero-order chi connectivity index (χ0) is 13.4. The standard InChI is InChI=1S/C15H29N3/c1-5-10-16-14(4)15-9-8-11-18(15)13-12-17(6-2)7-3/h8-9,11,14,16H,5-7,10,12-13H2,1-4H3. The Kier molecular flexibility index (Phi) is 7.06. The monoisotopic (exact) mass is 251 g/mol. The van der Waals surface area contributed by atoms with Crippen LogP contribution in [0.2, 0.25) is 0 Å². The summed E-state index contributed by atoms with van der Waals surface area (Å²) in [6.07, 6.45) is 3.38. The van der Waals surface area contributed by atoms with Gasteiger partial charge in [0.1, 0.15) is 0 Å². The van der Waals surface area contributed by atoms with Crippen molar-refractivity contribution in [2.75, 3.05) is 26.2 Å². The Labute approximate surface area is 112 Å². The zero-order valence-electron chi connectivity index (χ0n) is 12.4. The first-order valence-electron chi connectivity index (χ1n) is 7.33. The minimum atomic E-state index is 0.441. The van der Waals surface area contributed by atoms with E-state index in [1.807, 2.05) is 0 Å². The van der Waals surface area contributed by atoms with Crippen molar-refractivity contribution >= 4 is 0 Å². The molecule has 0 saturated heterocycles. The molecule has 0 aliphatic rings. The first-order valence-corrected chi connectivity index (χ1v) is 7.33. The lowest BCUT2D eigenvalue weighted by molar-refractivity contribution is 0.288. The molecule has 18 heavy (non-hydrogen) atoms. The molecule has 3 nitrogen and oxygen atoms in total. The Bertz CT molecular complexity index is 315. The summed E-state index contributed by atoms with van der Waals surface area (Å²) in [4.78, 5) is 2.47. The fourth-order valence-corrected chi connectivity index (χ4v) is 2.28. The topological polar surface area (TPSA) is 20.2 Å². The van der Waals surface area contributed by atoms with E-state index in [1.165, 1.54) is 12.1 Å². The van der Waals surface area contributed by atoms with Gasteiger partial charge in [-0.05, 0) is 45.1 Å². The maximum Gasteiger partial charge on any atom is 0.0446 e. The van der Waals surface area contributed by atoms with Crippen molar-refractivity contribution in [3.63, 3.8) is 0 Å². The number of likely N-dealkylation sites (N-methyl/N-ethyl adjacent to an activating group) is 1. The molecule has 0 spiro atoms. The predicted molar refractivity (Wildman–Crippen MR) is 78.9 cm³/mol. The molecular formula is C15H29N3. The van der Waals surface area contributed by atoms with Gasteiger partial charge in [-0.1, -0.05) is 20.8 Å². The Hall–Kier alpha value is -0.800. The molecule has 1 aromatic rings. The Morgan fingerprint density at radius 3 is 2.61 bits per heavy atom. The van der Waals surface area contributed by atoms with Crippen LogP contribution < -0.4 is 5.32 Å². The number of rotatable bonds is 9. The Morgan fingerprint density at radius 2 is 2.00 bits per heavy atom. The molecule has 0 fully saturated rings. The van der Waals surface area contributed by atoms with Gasteiger partial charge in [0, 0.05) is 31.0 Å². The molecule has 1 atom stereocenters. The predicted octanol–water partition coefficient (Wildman–Crippen LogP) is 2.89. The number of nitrogens with zero attached hydrogens (tertiary/aromatic N) is 2. The van der Waals surface area contributed by atoms with Crippen LogP contribution in [-0.4, -0.2) is 35.6 Å². The summed E-state index contributed by atoms with van der Waals surface area (Å²) in [5.74, 6) is 0. The molecule has 3 heteroatoms. The number of aromatic nitrogens is 1. The van der Waals surface area contributed by atoms with Crippen molar-refractivity contribution < 1.29 is 0 Å². The van der Waals surface area contributed by atoms with Crippen LogP contribution in [0.25, 0.3) is 0 Å². The molecule has 0 aliphatic heterocycles. The molecular weight excluding hydrogens is 222 g/mol. The maximum atomic E-state index is 3.56. The van der Waals surface area contributed by atoms with Gasteiger partial charge in [0.15, 0.2) is 0 Å². The van der Waals surface area contributed by atoms with Crippen molar-refractivity contribution in [3.8, 4) is 0 Å². The minimum Gasteiger partial charge on any atom is -0.349 e. The minimum absolute atomic E-state index is 0.441. The van der Waals surface area contributed by atoms with Crippen LogP contribution in [-0.2, 0) is 6.54 Å². The number of hydrogen-bond acceptors (Lipinski definition) is 2. The fraction of sp³-hybridized carbons (Fsp3) is 0.733. The fourth-order valence-electron chi connectivity index (χ4n) is 2.28. The Morgan fingerprint density at radius 1 is 1.28 bits per heavy atom. The zero-order valence-corrected chi connectivity index (χ0v) is 12.4. The average molecular weight is 251 g/mol. The molecule has 1 aromatic heterocycles. The molecule has 104 valence electrons. The molecule has 0 bridgehead atoms. The molecule has 1 unspecified atom stereocenters. The first kappa shape index (κ1) is 15.3. The van der Waals surface area contributed by atoms with Crippen LogP contribution in [0.3, 0.4) is 0 Å². The van der Waals surface area contributed by atoms with Crippen LogP contribution in [0, 0.1) is 0 Å². The highest BCUT2D eigenvalue weighted by molar-refractivity contribution is 5.11. The first-order chi connectivity index (χ1) is 8.72. The van der Waals surface area contributed by atoms with Crippen LogP contribution in [0.5, 0.6) is 0 Å². The van der Waals surface area contributed by atoms with Gasteiger partial charge in [0.25, 0.3) is 0 Å². The summed E-state index contributed by atoms with van der Waals surface area (Å²) in [7, 11) is 0. The molecule has 1 rings (SSSR count). The van der Waals surface area contributed by atoms with Crippen LogP contribution in [0.4, 0.5) is 0 Å². The van der Waals surface area contributed by atoms with Crippen molar-refractivity contribution in [2.24, 2.45) is 0 Å². The van der Waals surface area contributed by atoms with Crippen molar-refractivity contribution in [1.82, 2.24) is 14.8 Å². The highest BCUT2D eigenvalue weighted by Crippen LogP contribution is 2.13. The van der Waals surface area contributed by atoms with Crippen LogP contribution in [0.1, 0.15) is 45.9 Å². The van der Waals surface area contributed by atoms with Gasteiger partial charge < -0.3 is 14.8 Å². The average Bonchev–Trinajstić information content (AvgIpc) is 2.85. The SMILES string of the molecule is CCCNC(C)c1cccn1CCN(CC)CC. The second-order valence-electron chi connectivity index (χ2n) is 4.83. The lowest BCUT2D eigenvalue weighted by Gasteiger charge is -2.21. The molecule has 0 amide bonds.